The summed E-state index contributed by atoms with van der Waals surface area (Å²) in [5.41, 5.74) is 2.19. The zero-order valence-electron chi connectivity index (χ0n) is 13.5. The maximum Gasteiger partial charge on any atom is 0 e. The molecule has 0 unspecified atom stereocenters. The second-order valence-corrected chi connectivity index (χ2v) is 3.74. The Morgan fingerprint density at radius 2 is 1.28 bits per heavy atom. The van der Waals surface area contributed by atoms with Crippen molar-refractivity contribution in [2.75, 3.05) is 14.2 Å². The van der Waals surface area contributed by atoms with Gasteiger partial charge < -0.3 is 9.47 Å². The van der Waals surface area contributed by atoms with Crippen LogP contribution in [0.4, 0.5) is 0 Å². The Hall–Kier alpha value is -2.54. The van der Waals surface area contributed by atoms with E-state index in [4.69, 9.17) is 23.4 Å². The summed E-state index contributed by atoms with van der Waals surface area (Å²) in [6, 6.07) is 12.9. The number of methoxy groups -OCH3 is 2. The summed E-state index contributed by atoms with van der Waals surface area (Å²) in [6.07, 6.45) is 0.824. The molecule has 0 saturated carbocycles. The first kappa shape index (κ1) is 27.3. The molecule has 0 spiro atoms. The number of rotatable bonds is 4. The van der Waals surface area contributed by atoms with Gasteiger partial charge in [-0.1, -0.05) is 30.3 Å². The third-order valence-electron chi connectivity index (χ3n) is 2.78. The van der Waals surface area contributed by atoms with Crippen LogP contribution in [0.3, 0.4) is 0 Å². The van der Waals surface area contributed by atoms with Gasteiger partial charge in [0.2, 0.25) is 0 Å². The van der Waals surface area contributed by atoms with Crippen molar-refractivity contribution in [1.82, 2.24) is 0 Å². The largest absolute Gasteiger partial charge is 0 e. The number of hydrogen-bond acceptors (Lipinski definition) is 3. The fraction of sp³-hybridized carbons (Fsp3) is 0.111. The number of para-hydroxylation sites is 1. The van der Waals surface area contributed by atoms with Gasteiger partial charge in [-0.05, 0) is 12.1 Å². The zero-order valence-corrected chi connectivity index (χ0v) is 14.8. The molecule has 0 radical (unpaired) electrons. The molecule has 0 fully saturated rings. The van der Waals surface area contributed by atoms with Crippen molar-refractivity contribution in [3.8, 4) is 22.6 Å². The van der Waals surface area contributed by atoms with E-state index in [-0.39, 0.29) is 17.4 Å². The van der Waals surface area contributed by atoms with Crippen LogP contribution in [-0.4, -0.2) is 20.5 Å². The van der Waals surface area contributed by atoms with E-state index in [0.29, 0.717) is 17.1 Å². The normalized spacial score (nSPS) is 7.36. The first-order valence-electron chi connectivity index (χ1n) is 6.18. The molecule has 128 valence electrons. The Morgan fingerprint density at radius 1 is 0.800 bits per heavy atom. The topological polar surface area (TPSA) is 95.2 Å². The van der Waals surface area contributed by atoms with Crippen LogP contribution in [0.25, 0.3) is 11.1 Å². The number of carbonyl (C=O) groups is 1. The summed E-state index contributed by atoms with van der Waals surface area (Å²) < 4.78 is 33.2. The second-order valence-electron chi connectivity index (χ2n) is 3.74. The number of ether oxygens (including phenoxy) is 2. The predicted octanol–water partition coefficient (Wildman–Crippen LogP) is 3.07. The molecule has 7 heteroatoms. The molecule has 0 bridgehead atoms. The van der Waals surface area contributed by atoms with E-state index in [9.17, 15) is 4.79 Å². The molecule has 0 atom stereocenters. The monoisotopic (exact) mass is 378 g/mol. The Labute approximate surface area is 157 Å². The molecule has 2 rings (SSSR count). The van der Waals surface area contributed by atoms with E-state index < -0.39 is 0 Å². The van der Waals surface area contributed by atoms with Crippen LogP contribution in [0, 0.1) is 20.0 Å². The van der Waals surface area contributed by atoms with Crippen LogP contribution in [0.1, 0.15) is 10.4 Å². The van der Waals surface area contributed by atoms with E-state index in [2.05, 4.69) is 20.0 Å². The van der Waals surface area contributed by atoms with Gasteiger partial charge in [0.05, 0.1) is 14.2 Å². The summed E-state index contributed by atoms with van der Waals surface area (Å²) >= 11 is 0. The molecule has 6 nitrogen and oxygen atoms in total. The van der Waals surface area contributed by atoms with Crippen molar-refractivity contribution >= 4 is 6.29 Å². The fourth-order valence-corrected chi connectivity index (χ4v) is 1.96. The van der Waals surface area contributed by atoms with Gasteiger partial charge in [-0.25, -0.2) is 0 Å². The van der Waals surface area contributed by atoms with E-state index >= 15 is 0 Å². The quantitative estimate of drug-likeness (QED) is 0.465. The van der Waals surface area contributed by atoms with Gasteiger partial charge in [-0.2, -0.15) is 0 Å². The average Bonchev–Trinajstić information content (AvgIpc) is 2.71. The van der Waals surface area contributed by atoms with E-state index in [1.54, 1.807) is 26.4 Å². The van der Waals surface area contributed by atoms with E-state index in [1.807, 2.05) is 30.3 Å². The van der Waals surface area contributed by atoms with Gasteiger partial charge in [0.15, 0.2) is 6.29 Å². The summed E-state index contributed by atoms with van der Waals surface area (Å²) in [7, 11) is 3.19. The molecular formula is C18H14CrO6. The molecule has 0 heterocycles. The van der Waals surface area contributed by atoms with Crippen LogP contribution in [0.5, 0.6) is 11.5 Å². The Kier molecular flexibility index (Phi) is 19.5. The SMILES string of the molecule is COc1ccccc1-c1c(C=O)cccc1OC.[C-]#[O+].[C-]#[O+].[C-]#[O+].[Cr]. The Balaban J connectivity index is -0.000000626. The maximum absolute atomic E-state index is 11.2. The maximum atomic E-state index is 11.2. The molecule has 0 saturated heterocycles. The standard InChI is InChI=1S/C15H14O3.3CO.Cr/c1-17-13-8-4-3-7-12(13)15-11(10-16)6-5-9-14(15)18-2;3*1-2;/h3-10H,1-2H3;;;;. The van der Waals surface area contributed by atoms with Crippen molar-refractivity contribution in [1.29, 1.82) is 0 Å². The third kappa shape index (κ3) is 7.71. The molecule has 2 aromatic carbocycles. The Morgan fingerprint density at radius 3 is 1.76 bits per heavy atom. The van der Waals surface area contributed by atoms with Crippen molar-refractivity contribution < 1.29 is 45.6 Å². The molecular weight excluding hydrogens is 364 g/mol. The first-order chi connectivity index (χ1) is 11.8. The molecule has 0 amide bonds. The number of aldehydes is 1. The van der Waals surface area contributed by atoms with Gasteiger partial charge >= 0.3 is 33.9 Å². The summed E-state index contributed by atoms with van der Waals surface area (Å²) in [5, 5.41) is 0. The minimum absolute atomic E-state index is 0. The summed E-state index contributed by atoms with van der Waals surface area (Å²) in [5.74, 6) is 1.37. The van der Waals surface area contributed by atoms with Crippen molar-refractivity contribution in [3.05, 3.63) is 68.0 Å². The number of benzene rings is 2. The van der Waals surface area contributed by atoms with Gasteiger partial charge in [0, 0.05) is 34.1 Å². The van der Waals surface area contributed by atoms with Crippen molar-refractivity contribution in [2.24, 2.45) is 0 Å². The number of carbonyl (C=O) groups excluding carboxylic acids is 1. The van der Waals surface area contributed by atoms with Crippen LogP contribution in [0.15, 0.2) is 42.5 Å². The van der Waals surface area contributed by atoms with Crippen LogP contribution >= 0.6 is 0 Å². The van der Waals surface area contributed by atoms with Crippen molar-refractivity contribution in [2.45, 2.75) is 0 Å². The second kappa shape index (κ2) is 17.8. The van der Waals surface area contributed by atoms with E-state index in [0.717, 1.165) is 17.4 Å². The summed E-state index contributed by atoms with van der Waals surface area (Å²) in [4.78, 5) is 11.2. The molecule has 25 heavy (non-hydrogen) atoms. The fourth-order valence-electron chi connectivity index (χ4n) is 1.96. The van der Waals surface area contributed by atoms with Gasteiger partial charge in [-0.15, -0.1) is 0 Å². The van der Waals surface area contributed by atoms with Crippen molar-refractivity contribution in [3.63, 3.8) is 0 Å². The molecule has 0 aliphatic heterocycles. The first-order valence-corrected chi connectivity index (χ1v) is 6.18. The molecule has 0 N–H and O–H groups in total. The minimum Gasteiger partial charge on any atom is 0 e. The number of hydrogen-bond donors (Lipinski definition) is 0. The van der Waals surface area contributed by atoms with Gasteiger partial charge in [0.25, 0.3) is 0 Å². The molecule has 0 aliphatic rings. The van der Waals surface area contributed by atoms with Crippen LogP contribution < -0.4 is 9.47 Å². The van der Waals surface area contributed by atoms with Gasteiger partial charge in [0.1, 0.15) is 11.5 Å². The van der Waals surface area contributed by atoms with E-state index in [1.165, 1.54) is 0 Å². The third-order valence-corrected chi connectivity index (χ3v) is 2.78. The smallest absolute Gasteiger partial charge is 0 e. The summed E-state index contributed by atoms with van der Waals surface area (Å²) in [6.45, 7) is 13.5. The molecule has 0 aromatic heterocycles. The average molecular weight is 378 g/mol. The van der Waals surface area contributed by atoms with Gasteiger partial charge in [-0.3, -0.25) is 4.79 Å². The van der Waals surface area contributed by atoms with Crippen LogP contribution in [-0.2, 0) is 31.3 Å². The minimum atomic E-state index is 0. The zero-order chi connectivity index (χ0) is 19.0. The predicted molar refractivity (Wildman–Crippen MR) is 82.2 cm³/mol. The van der Waals surface area contributed by atoms with Crippen LogP contribution in [0.2, 0.25) is 0 Å². The molecule has 0 aliphatic carbocycles. The molecule has 2 aromatic rings. The Bertz CT molecular complexity index is 677.